The third-order valence-corrected chi connectivity index (χ3v) is 4.62. The predicted molar refractivity (Wildman–Crippen MR) is 85.5 cm³/mol. The molecule has 0 spiro atoms. The van der Waals surface area contributed by atoms with Gasteiger partial charge in [-0.2, -0.15) is 0 Å². The molecule has 3 aromatic rings. The maximum Gasteiger partial charge on any atom is 0.182 e. The highest BCUT2D eigenvalue weighted by atomic mass is 35.5. The molecule has 0 amide bonds. The van der Waals surface area contributed by atoms with Gasteiger partial charge in [-0.3, -0.25) is 0 Å². The number of rotatable bonds is 3. The van der Waals surface area contributed by atoms with Crippen molar-refractivity contribution in [3.8, 4) is 22.6 Å². The highest BCUT2D eigenvalue weighted by Crippen LogP contribution is 2.34. The molecule has 3 rings (SSSR count). The first-order valence-corrected chi connectivity index (χ1v) is 8.72. The molecule has 0 bridgehead atoms. The van der Waals surface area contributed by atoms with Crippen molar-refractivity contribution in [1.29, 1.82) is 0 Å². The zero-order valence-corrected chi connectivity index (χ0v) is 13.2. The Morgan fingerprint density at radius 1 is 1.05 bits per heavy atom. The van der Waals surface area contributed by atoms with Crippen molar-refractivity contribution in [2.75, 3.05) is 6.26 Å². The molecule has 6 heteroatoms. The summed E-state index contributed by atoms with van der Waals surface area (Å²) in [4.78, 5) is 4.42. The normalized spacial score (nSPS) is 11.5. The SMILES string of the molecule is CS(=O)(=O)c1ccccc1-c1ncoc1-c1ccc(Cl)cc1. The van der Waals surface area contributed by atoms with Gasteiger partial charge in [0.2, 0.25) is 0 Å². The van der Waals surface area contributed by atoms with Crippen LogP contribution in [0.25, 0.3) is 22.6 Å². The monoisotopic (exact) mass is 333 g/mol. The minimum atomic E-state index is -3.37. The van der Waals surface area contributed by atoms with E-state index in [1.807, 2.05) is 0 Å². The fraction of sp³-hybridized carbons (Fsp3) is 0.0625. The smallest absolute Gasteiger partial charge is 0.182 e. The van der Waals surface area contributed by atoms with E-state index in [4.69, 9.17) is 16.0 Å². The molecule has 0 saturated carbocycles. The van der Waals surface area contributed by atoms with Gasteiger partial charge in [0.15, 0.2) is 22.0 Å². The molecule has 0 unspecified atom stereocenters. The number of aromatic nitrogens is 1. The van der Waals surface area contributed by atoms with Crippen LogP contribution in [0, 0.1) is 0 Å². The van der Waals surface area contributed by atoms with Crippen LogP contribution in [0.15, 0.2) is 64.2 Å². The maximum atomic E-state index is 12.0. The minimum Gasteiger partial charge on any atom is -0.443 e. The van der Waals surface area contributed by atoms with Gasteiger partial charge < -0.3 is 4.42 Å². The first-order valence-electron chi connectivity index (χ1n) is 6.46. The summed E-state index contributed by atoms with van der Waals surface area (Å²) in [5, 5.41) is 0.612. The fourth-order valence-electron chi connectivity index (χ4n) is 2.23. The molecular formula is C16H12ClNO3S. The number of halogens is 1. The Labute approximate surface area is 133 Å². The van der Waals surface area contributed by atoms with Crippen molar-refractivity contribution in [2.45, 2.75) is 4.90 Å². The highest BCUT2D eigenvalue weighted by Gasteiger charge is 2.20. The molecule has 0 aliphatic rings. The van der Waals surface area contributed by atoms with E-state index in [2.05, 4.69) is 4.98 Å². The second kappa shape index (κ2) is 5.59. The van der Waals surface area contributed by atoms with E-state index in [1.54, 1.807) is 48.5 Å². The van der Waals surface area contributed by atoms with Crippen molar-refractivity contribution in [1.82, 2.24) is 4.98 Å². The molecule has 0 radical (unpaired) electrons. The van der Waals surface area contributed by atoms with E-state index >= 15 is 0 Å². The summed E-state index contributed by atoms with van der Waals surface area (Å²) in [6.07, 6.45) is 2.48. The van der Waals surface area contributed by atoms with E-state index in [1.165, 1.54) is 12.6 Å². The van der Waals surface area contributed by atoms with Gasteiger partial charge in [-0.15, -0.1) is 0 Å². The van der Waals surface area contributed by atoms with Crippen molar-refractivity contribution in [2.24, 2.45) is 0 Å². The first kappa shape index (κ1) is 14.8. The molecule has 0 saturated heterocycles. The number of hydrogen-bond donors (Lipinski definition) is 0. The van der Waals surface area contributed by atoms with Gasteiger partial charge in [-0.05, 0) is 30.3 Å². The number of nitrogens with zero attached hydrogens (tertiary/aromatic N) is 1. The van der Waals surface area contributed by atoms with Gasteiger partial charge in [0, 0.05) is 22.4 Å². The highest BCUT2D eigenvalue weighted by molar-refractivity contribution is 7.90. The maximum absolute atomic E-state index is 12.0. The lowest BCUT2D eigenvalue weighted by molar-refractivity contribution is 0.572. The van der Waals surface area contributed by atoms with E-state index in [0.29, 0.717) is 22.0 Å². The number of oxazole rings is 1. The molecule has 112 valence electrons. The molecule has 0 aliphatic heterocycles. The summed E-state index contributed by atoms with van der Waals surface area (Å²) in [5.41, 5.74) is 1.78. The lowest BCUT2D eigenvalue weighted by Gasteiger charge is -2.07. The molecule has 0 aliphatic carbocycles. The minimum absolute atomic E-state index is 0.221. The van der Waals surface area contributed by atoms with Gasteiger partial charge in [0.1, 0.15) is 5.69 Å². The Morgan fingerprint density at radius 3 is 2.41 bits per heavy atom. The Kier molecular flexibility index (Phi) is 3.76. The lowest BCUT2D eigenvalue weighted by Crippen LogP contribution is -2.00. The summed E-state index contributed by atoms with van der Waals surface area (Å²) >= 11 is 5.89. The van der Waals surface area contributed by atoms with Crippen molar-refractivity contribution < 1.29 is 12.8 Å². The number of sulfone groups is 1. The summed E-state index contributed by atoms with van der Waals surface area (Å²) in [6.45, 7) is 0. The van der Waals surface area contributed by atoms with Crippen LogP contribution >= 0.6 is 11.6 Å². The largest absolute Gasteiger partial charge is 0.443 e. The Bertz CT molecular complexity index is 915. The predicted octanol–water partition coefficient (Wildman–Crippen LogP) is 4.07. The zero-order valence-electron chi connectivity index (χ0n) is 11.7. The Balaban J connectivity index is 2.20. The average molecular weight is 334 g/mol. The fourth-order valence-corrected chi connectivity index (χ4v) is 3.25. The quantitative estimate of drug-likeness (QED) is 0.725. The van der Waals surface area contributed by atoms with Crippen LogP contribution in [-0.4, -0.2) is 19.7 Å². The van der Waals surface area contributed by atoms with Crippen molar-refractivity contribution in [3.63, 3.8) is 0 Å². The second-order valence-electron chi connectivity index (χ2n) is 4.81. The van der Waals surface area contributed by atoms with E-state index in [0.717, 1.165) is 5.56 Å². The summed E-state index contributed by atoms with van der Waals surface area (Å²) in [6, 6.07) is 13.8. The van der Waals surface area contributed by atoms with Crippen LogP contribution in [0.3, 0.4) is 0 Å². The van der Waals surface area contributed by atoms with Crippen LogP contribution < -0.4 is 0 Å². The van der Waals surface area contributed by atoms with Gasteiger partial charge in [-0.1, -0.05) is 29.8 Å². The Hall–Kier alpha value is -2.11. The molecule has 1 heterocycles. The molecule has 4 nitrogen and oxygen atoms in total. The van der Waals surface area contributed by atoms with Crippen molar-refractivity contribution >= 4 is 21.4 Å². The van der Waals surface area contributed by atoms with Crippen LogP contribution in [0.4, 0.5) is 0 Å². The molecule has 22 heavy (non-hydrogen) atoms. The number of hydrogen-bond acceptors (Lipinski definition) is 4. The van der Waals surface area contributed by atoms with Crippen LogP contribution in [0.5, 0.6) is 0 Å². The summed E-state index contributed by atoms with van der Waals surface area (Å²) in [5.74, 6) is 0.507. The molecule has 0 atom stereocenters. The molecule has 0 fully saturated rings. The van der Waals surface area contributed by atoms with Crippen LogP contribution in [0.1, 0.15) is 0 Å². The molecule has 1 aromatic heterocycles. The van der Waals surface area contributed by atoms with E-state index in [-0.39, 0.29) is 4.90 Å². The standard InChI is InChI=1S/C16H12ClNO3S/c1-22(19,20)14-5-3-2-4-13(14)15-16(21-10-18-15)11-6-8-12(17)9-7-11/h2-10H,1H3. The average Bonchev–Trinajstić information content (AvgIpc) is 2.96. The lowest BCUT2D eigenvalue weighted by atomic mass is 10.1. The van der Waals surface area contributed by atoms with Crippen LogP contribution in [0.2, 0.25) is 5.02 Å². The molecular weight excluding hydrogens is 322 g/mol. The Morgan fingerprint density at radius 2 is 1.73 bits per heavy atom. The van der Waals surface area contributed by atoms with E-state index in [9.17, 15) is 8.42 Å². The van der Waals surface area contributed by atoms with Gasteiger partial charge in [0.25, 0.3) is 0 Å². The van der Waals surface area contributed by atoms with E-state index < -0.39 is 9.84 Å². The second-order valence-corrected chi connectivity index (χ2v) is 7.23. The third kappa shape index (κ3) is 2.77. The first-order chi connectivity index (χ1) is 10.5. The summed E-state index contributed by atoms with van der Waals surface area (Å²) in [7, 11) is -3.37. The zero-order chi connectivity index (χ0) is 15.7. The van der Waals surface area contributed by atoms with Gasteiger partial charge in [0.05, 0.1) is 4.90 Å². The summed E-state index contributed by atoms with van der Waals surface area (Å²) < 4.78 is 29.4. The van der Waals surface area contributed by atoms with Crippen LogP contribution in [-0.2, 0) is 9.84 Å². The topological polar surface area (TPSA) is 60.2 Å². The third-order valence-electron chi connectivity index (χ3n) is 3.22. The molecule has 0 N–H and O–H groups in total. The van der Waals surface area contributed by atoms with Crippen molar-refractivity contribution in [3.05, 3.63) is 59.9 Å². The van der Waals surface area contributed by atoms with Gasteiger partial charge >= 0.3 is 0 Å². The molecule has 2 aromatic carbocycles. The van der Waals surface area contributed by atoms with Gasteiger partial charge in [-0.25, -0.2) is 13.4 Å². The number of benzene rings is 2.